The van der Waals surface area contributed by atoms with E-state index < -0.39 is 34.4 Å². The van der Waals surface area contributed by atoms with Crippen LogP contribution in [0.2, 0.25) is 20.1 Å². The van der Waals surface area contributed by atoms with Gasteiger partial charge in [0.15, 0.2) is 0 Å². The van der Waals surface area contributed by atoms with E-state index in [2.05, 4.69) is 5.32 Å². The van der Waals surface area contributed by atoms with Crippen molar-refractivity contribution >= 4 is 73.9 Å². The number of halogens is 4. The molecule has 0 heterocycles. The Kier molecular flexibility index (Phi) is 12.0. The van der Waals surface area contributed by atoms with Crippen molar-refractivity contribution in [3.05, 3.63) is 128 Å². The van der Waals surface area contributed by atoms with Crippen molar-refractivity contribution in [2.45, 2.75) is 50.7 Å². The molecule has 12 heteroatoms. The lowest BCUT2D eigenvalue weighted by Crippen LogP contribution is -2.54. The Morgan fingerprint density at radius 2 is 1.46 bits per heavy atom. The quantitative estimate of drug-likeness (QED) is 0.161. The van der Waals surface area contributed by atoms with Gasteiger partial charge in [0.2, 0.25) is 11.8 Å². The molecule has 7 nitrogen and oxygen atoms in total. The van der Waals surface area contributed by atoms with Crippen LogP contribution in [0.15, 0.2) is 95.9 Å². The second-order valence-corrected chi connectivity index (χ2v) is 14.5. The van der Waals surface area contributed by atoms with Crippen molar-refractivity contribution in [2.75, 3.05) is 10.8 Å². The molecule has 0 saturated heterocycles. The van der Waals surface area contributed by atoms with Crippen molar-refractivity contribution in [2.24, 2.45) is 0 Å². The number of amides is 2. The summed E-state index contributed by atoms with van der Waals surface area (Å²) in [7, 11) is -4.34. The summed E-state index contributed by atoms with van der Waals surface area (Å²) < 4.78 is 29.3. The van der Waals surface area contributed by atoms with Gasteiger partial charge in [-0.2, -0.15) is 0 Å². The van der Waals surface area contributed by atoms with Gasteiger partial charge in [0.05, 0.1) is 30.7 Å². The predicted molar refractivity (Wildman–Crippen MR) is 186 cm³/mol. The number of carbonyl (C=O) groups excluding carboxylic acids is 2. The Morgan fingerprint density at radius 3 is 2.09 bits per heavy atom. The van der Waals surface area contributed by atoms with Gasteiger partial charge >= 0.3 is 0 Å². The fourth-order valence-electron chi connectivity index (χ4n) is 4.81. The molecule has 4 aromatic rings. The summed E-state index contributed by atoms with van der Waals surface area (Å²) in [5, 5.41) is 3.59. The molecule has 0 aliphatic rings. The first-order chi connectivity index (χ1) is 21.8. The standard InChI is InChI=1S/C34H33Cl4N3O4S/c1-22(2)39-34(43)31(19-24-8-5-4-6-9-24)40(20-25-14-17-27(35)29(37)18-25)32(42)21-41(30-11-7-10-28(36)33(30)38)46(44,45)26-15-12-23(3)13-16-26/h4-18,22,31H,19-21H2,1-3H3,(H,39,43). The molecule has 0 bridgehead atoms. The Balaban J connectivity index is 1.85. The lowest BCUT2D eigenvalue weighted by molar-refractivity contribution is -0.140. The summed E-state index contributed by atoms with van der Waals surface area (Å²) in [5.74, 6) is -1.06. The molecule has 1 atom stereocenters. The molecule has 4 rings (SSSR count). The Bertz CT molecular complexity index is 1800. The molecule has 242 valence electrons. The van der Waals surface area contributed by atoms with Crippen molar-refractivity contribution in [3.8, 4) is 0 Å². The summed E-state index contributed by atoms with van der Waals surface area (Å²) in [6.07, 6.45) is 0.162. The third-order valence-corrected chi connectivity index (χ3v) is 10.4. The molecular formula is C34H33Cl4N3O4S. The van der Waals surface area contributed by atoms with Gasteiger partial charge in [-0.05, 0) is 68.3 Å². The number of nitrogens with one attached hydrogen (secondary N) is 1. The van der Waals surface area contributed by atoms with E-state index in [-0.39, 0.29) is 44.7 Å². The van der Waals surface area contributed by atoms with Crippen molar-refractivity contribution in [3.63, 3.8) is 0 Å². The molecule has 0 aromatic heterocycles. The highest BCUT2D eigenvalue weighted by molar-refractivity contribution is 7.92. The molecule has 0 fully saturated rings. The molecular weight excluding hydrogens is 688 g/mol. The Hall–Kier alpha value is -3.27. The van der Waals surface area contributed by atoms with E-state index in [9.17, 15) is 18.0 Å². The highest BCUT2D eigenvalue weighted by Gasteiger charge is 2.35. The van der Waals surface area contributed by atoms with E-state index in [4.69, 9.17) is 46.4 Å². The third-order valence-electron chi connectivity index (χ3n) is 7.13. The summed E-state index contributed by atoms with van der Waals surface area (Å²) in [6.45, 7) is 4.72. The second kappa shape index (κ2) is 15.5. The van der Waals surface area contributed by atoms with Crippen LogP contribution in [0.1, 0.15) is 30.5 Å². The monoisotopic (exact) mass is 719 g/mol. The fourth-order valence-corrected chi connectivity index (χ4v) is 7.00. The maximum Gasteiger partial charge on any atom is 0.264 e. The number of carbonyl (C=O) groups is 2. The van der Waals surface area contributed by atoms with Crippen molar-refractivity contribution in [1.29, 1.82) is 0 Å². The van der Waals surface area contributed by atoms with Gasteiger partial charge in [0, 0.05) is 19.0 Å². The van der Waals surface area contributed by atoms with Gasteiger partial charge in [-0.3, -0.25) is 13.9 Å². The van der Waals surface area contributed by atoms with Gasteiger partial charge in [-0.15, -0.1) is 0 Å². The van der Waals surface area contributed by atoms with Crippen molar-refractivity contribution in [1.82, 2.24) is 10.2 Å². The SMILES string of the molecule is Cc1ccc(S(=O)(=O)N(CC(=O)N(Cc2ccc(Cl)c(Cl)c2)C(Cc2ccccc2)C(=O)NC(C)C)c2cccc(Cl)c2Cl)cc1. The zero-order valence-corrected chi connectivity index (χ0v) is 29.2. The molecule has 0 saturated carbocycles. The van der Waals surface area contributed by atoms with Gasteiger partial charge in [-0.1, -0.05) is 107 Å². The van der Waals surface area contributed by atoms with Crippen LogP contribution in [-0.4, -0.2) is 43.8 Å². The first kappa shape index (κ1) is 35.6. The number of hydrogen-bond donors (Lipinski definition) is 1. The molecule has 46 heavy (non-hydrogen) atoms. The molecule has 0 radical (unpaired) electrons. The first-order valence-corrected chi connectivity index (χ1v) is 17.3. The molecule has 0 spiro atoms. The number of sulfonamides is 1. The summed E-state index contributed by atoms with van der Waals surface area (Å²) in [4.78, 5) is 29.7. The summed E-state index contributed by atoms with van der Waals surface area (Å²) in [6, 6.07) is 23.7. The maximum absolute atomic E-state index is 14.5. The van der Waals surface area contributed by atoms with E-state index in [1.165, 1.54) is 29.2 Å². The van der Waals surface area contributed by atoms with E-state index in [1.807, 2.05) is 51.1 Å². The van der Waals surface area contributed by atoms with Crippen LogP contribution >= 0.6 is 46.4 Å². The van der Waals surface area contributed by atoms with Crippen LogP contribution < -0.4 is 9.62 Å². The number of benzene rings is 4. The largest absolute Gasteiger partial charge is 0.352 e. The second-order valence-electron chi connectivity index (χ2n) is 11.0. The minimum atomic E-state index is -4.34. The Morgan fingerprint density at radius 1 is 0.783 bits per heavy atom. The van der Waals surface area contributed by atoms with E-state index >= 15 is 0 Å². The van der Waals surface area contributed by atoms with E-state index in [0.717, 1.165) is 15.4 Å². The number of nitrogens with zero attached hydrogens (tertiary/aromatic N) is 2. The fraction of sp³-hybridized carbons (Fsp3) is 0.235. The molecule has 1 N–H and O–H groups in total. The highest BCUT2D eigenvalue weighted by Crippen LogP contribution is 2.36. The number of aryl methyl sites for hydroxylation is 1. The lowest BCUT2D eigenvalue weighted by atomic mass is 10.0. The van der Waals surface area contributed by atoms with Gasteiger partial charge < -0.3 is 10.2 Å². The molecule has 1 unspecified atom stereocenters. The zero-order chi connectivity index (χ0) is 33.6. The normalized spacial score (nSPS) is 12.1. The van der Waals surface area contributed by atoms with Crippen LogP contribution in [0.4, 0.5) is 5.69 Å². The minimum absolute atomic E-state index is 0.0174. The molecule has 2 amide bonds. The van der Waals surface area contributed by atoms with Crippen LogP contribution in [0.5, 0.6) is 0 Å². The van der Waals surface area contributed by atoms with Crippen LogP contribution in [-0.2, 0) is 32.6 Å². The minimum Gasteiger partial charge on any atom is -0.352 e. The van der Waals surface area contributed by atoms with Crippen LogP contribution in [0.25, 0.3) is 0 Å². The first-order valence-electron chi connectivity index (χ1n) is 14.4. The Labute approximate surface area is 290 Å². The summed E-state index contributed by atoms with van der Waals surface area (Å²) in [5.41, 5.74) is 2.27. The number of anilines is 1. The van der Waals surface area contributed by atoms with E-state index in [1.54, 1.807) is 36.4 Å². The lowest BCUT2D eigenvalue weighted by Gasteiger charge is -2.34. The van der Waals surface area contributed by atoms with Gasteiger partial charge in [-0.25, -0.2) is 8.42 Å². The highest BCUT2D eigenvalue weighted by atomic mass is 35.5. The average molecular weight is 722 g/mol. The van der Waals surface area contributed by atoms with Gasteiger partial charge in [0.25, 0.3) is 10.0 Å². The topological polar surface area (TPSA) is 86.8 Å². The molecule has 4 aromatic carbocycles. The van der Waals surface area contributed by atoms with Crippen LogP contribution in [0.3, 0.4) is 0 Å². The predicted octanol–water partition coefficient (Wildman–Crippen LogP) is 7.97. The molecule has 0 aliphatic heterocycles. The molecule has 0 aliphatic carbocycles. The summed E-state index contributed by atoms with van der Waals surface area (Å²) >= 11 is 25.4. The number of rotatable bonds is 12. The third kappa shape index (κ3) is 8.75. The smallest absolute Gasteiger partial charge is 0.264 e. The number of hydrogen-bond acceptors (Lipinski definition) is 4. The average Bonchev–Trinajstić information content (AvgIpc) is 3.01. The van der Waals surface area contributed by atoms with Gasteiger partial charge in [0.1, 0.15) is 12.6 Å². The van der Waals surface area contributed by atoms with Crippen LogP contribution in [0, 0.1) is 6.92 Å². The maximum atomic E-state index is 14.5. The van der Waals surface area contributed by atoms with Crippen molar-refractivity contribution < 1.29 is 18.0 Å². The van der Waals surface area contributed by atoms with E-state index in [0.29, 0.717) is 10.6 Å². The zero-order valence-electron chi connectivity index (χ0n) is 25.4.